The third kappa shape index (κ3) is 10.7. The molecular formula is C20H42N4O4. The molecule has 0 unspecified atom stereocenters. The predicted octanol–water partition coefficient (Wildman–Crippen LogP) is 4.51. The summed E-state index contributed by atoms with van der Waals surface area (Å²) in [5, 5.41) is 26.7. The molecule has 0 saturated carbocycles. The van der Waals surface area contributed by atoms with Crippen molar-refractivity contribution >= 4 is 12.1 Å². The van der Waals surface area contributed by atoms with Gasteiger partial charge in [0.2, 0.25) is 0 Å². The molecule has 4 amide bonds. The number of carbonyl (C=O) groups excluding carboxylic acids is 2. The van der Waals surface area contributed by atoms with Crippen LogP contribution in [-0.2, 0) is 0 Å². The summed E-state index contributed by atoms with van der Waals surface area (Å²) in [4.78, 5) is 23.6. The van der Waals surface area contributed by atoms with Crippen molar-refractivity contribution in [3.63, 3.8) is 0 Å². The second-order valence-corrected chi connectivity index (χ2v) is 7.21. The van der Waals surface area contributed by atoms with Crippen molar-refractivity contribution in [1.82, 2.24) is 20.8 Å². The number of carbonyl (C=O) groups is 2. The van der Waals surface area contributed by atoms with Gasteiger partial charge >= 0.3 is 12.1 Å². The van der Waals surface area contributed by atoms with Crippen LogP contribution in [-0.4, -0.2) is 57.8 Å². The molecule has 0 aliphatic rings. The highest BCUT2D eigenvalue weighted by Gasteiger charge is 2.19. The molecule has 0 rings (SSSR count). The van der Waals surface area contributed by atoms with Crippen molar-refractivity contribution in [3.8, 4) is 0 Å². The van der Waals surface area contributed by atoms with Crippen molar-refractivity contribution in [2.24, 2.45) is 0 Å². The molecule has 0 aliphatic carbocycles. The van der Waals surface area contributed by atoms with E-state index < -0.39 is 12.1 Å². The van der Waals surface area contributed by atoms with E-state index in [-0.39, 0.29) is 12.1 Å². The van der Waals surface area contributed by atoms with Crippen LogP contribution in [0.2, 0.25) is 0 Å². The Bertz CT molecular complexity index is 377. The molecule has 0 saturated heterocycles. The lowest BCUT2D eigenvalue weighted by Gasteiger charge is -2.24. The van der Waals surface area contributed by atoms with Crippen molar-refractivity contribution in [1.29, 1.82) is 0 Å². The van der Waals surface area contributed by atoms with E-state index in [1.165, 1.54) is 0 Å². The number of rotatable bonds is 15. The quantitative estimate of drug-likeness (QED) is 0.184. The Kier molecular flexibility index (Phi) is 15.5. The first-order valence-electron chi connectivity index (χ1n) is 10.9. The molecule has 0 heterocycles. The van der Waals surface area contributed by atoms with E-state index in [4.69, 9.17) is 0 Å². The minimum Gasteiger partial charge on any atom is -0.336 e. The SMILES string of the molecule is CCC(CC)N(O)C(=O)NCCCCCCCCNC(=O)N(O)C(CC)CC. The molecule has 166 valence electrons. The largest absolute Gasteiger partial charge is 0.341 e. The molecule has 0 aromatic rings. The van der Waals surface area contributed by atoms with Crippen LogP contribution >= 0.6 is 0 Å². The Labute approximate surface area is 170 Å². The predicted molar refractivity (Wildman–Crippen MR) is 110 cm³/mol. The molecule has 0 radical (unpaired) electrons. The summed E-state index contributed by atoms with van der Waals surface area (Å²) in [6, 6.07) is -1.10. The minimum atomic E-state index is -0.421. The van der Waals surface area contributed by atoms with Crippen molar-refractivity contribution in [2.75, 3.05) is 13.1 Å². The van der Waals surface area contributed by atoms with Crippen LogP contribution in [0.1, 0.15) is 91.9 Å². The van der Waals surface area contributed by atoms with Crippen LogP contribution < -0.4 is 10.6 Å². The molecule has 0 fully saturated rings. The monoisotopic (exact) mass is 402 g/mol. The summed E-state index contributed by atoms with van der Waals surface area (Å²) in [6.45, 7) is 8.92. The van der Waals surface area contributed by atoms with Gasteiger partial charge in [0.25, 0.3) is 0 Å². The van der Waals surface area contributed by atoms with Crippen molar-refractivity contribution < 1.29 is 20.0 Å². The minimum absolute atomic E-state index is 0.131. The molecule has 8 nitrogen and oxygen atoms in total. The number of hydroxylamine groups is 4. The Morgan fingerprint density at radius 3 is 1.21 bits per heavy atom. The summed E-state index contributed by atoms with van der Waals surface area (Å²) >= 11 is 0. The van der Waals surface area contributed by atoms with Gasteiger partial charge in [0.1, 0.15) is 0 Å². The van der Waals surface area contributed by atoms with Crippen LogP contribution in [0.5, 0.6) is 0 Å². The Hall–Kier alpha value is -1.54. The summed E-state index contributed by atoms with van der Waals surface area (Å²) in [5.74, 6) is 0. The summed E-state index contributed by atoms with van der Waals surface area (Å²) in [7, 11) is 0. The van der Waals surface area contributed by atoms with E-state index in [9.17, 15) is 20.0 Å². The molecule has 4 N–H and O–H groups in total. The molecule has 0 atom stereocenters. The number of hydrogen-bond acceptors (Lipinski definition) is 4. The second kappa shape index (κ2) is 16.4. The molecule has 0 aliphatic heterocycles. The fourth-order valence-corrected chi connectivity index (χ4v) is 3.11. The van der Waals surface area contributed by atoms with Gasteiger partial charge in [-0.05, 0) is 38.5 Å². The van der Waals surface area contributed by atoms with Crippen LogP contribution in [0, 0.1) is 0 Å². The lowest BCUT2D eigenvalue weighted by Crippen LogP contribution is -2.43. The number of nitrogens with one attached hydrogen (secondary N) is 2. The maximum Gasteiger partial charge on any atom is 0.341 e. The van der Waals surface area contributed by atoms with Gasteiger partial charge in [0.15, 0.2) is 0 Å². The average molecular weight is 403 g/mol. The first-order valence-corrected chi connectivity index (χ1v) is 10.9. The van der Waals surface area contributed by atoms with E-state index in [0.29, 0.717) is 13.1 Å². The van der Waals surface area contributed by atoms with E-state index in [1.54, 1.807) is 0 Å². The zero-order valence-corrected chi connectivity index (χ0v) is 18.2. The third-order valence-corrected chi connectivity index (χ3v) is 5.15. The number of amides is 4. The molecule has 0 aromatic heterocycles. The van der Waals surface area contributed by atoms with Crippen LogP contribution in [0.25, 0.3) is 0 Å². The lowest BCUT2D eigenvalue weighted by atomic mass is 10.1. The number of nitrogens with zero attached hydrogens (tertiary/aromatic N) is 2. The molecular weight excluding hydrogens is 360 g/mol. The van der Waals surface area contributed by atoms with Gasteiger partial charge in [0.05, 0.1) is 12.1 Å². The van der Waals surface area contributed by atoms with E-state index in [0.717, 1.165) is 74.3 Å². The number of hydrogen-bond donors (Lipinski definition) is 4. The van der Waals surface area contributed by atoms with Gasteiger partial charge in [0, 0.05) is 13.1 Å². The Balaban J connectivity index is 3.63. The van der Waals surface area contributed by atoms with Crippen LogP contribution in [0.3, 0.4) is 0 Å². The van der Waals surface area contributed by atoms with Crippen molar-refractivity contribution in [2.45, 2.75) is 104 Å². The number of urea groups is 2. The fourth-order valence-electron chi connectivity index (χ4n) is 3.11. The normalized spacial score (nSPS) is 11.0. The highest BCUT2D eigenvalue weighted by atomic mass is 16.5. The zero-order chi connectivity index (χ0) is 21.4. The molecule has 0 spiro atoms. The van der Waals surface area contributed by atoms with Crippen molar-refractivity contribution in [3.05, 3.63) is 0 Å². The topological polar surface area (TPSA) is 105 Å². The van der Waals surface area contributed by atoms with Gasteiger partial charge < -0.3 is 10.6 Å². The smallest absolute Gasteiger partial charge is 0.336 e. The van der Waals surface area contributed by atoms with E-state index in [2.05, 4.69) is 10.6 Å². The maximum absolute atomic E-state index is 11.8. The Morgan fingerprint density at radius 2 is 0.929 bits per heavy atom. The zero-order valence-electron chi connectivity index (χ0n) is 18.2. The van der Waals surface area contributed by atoms with Gasteiger partial charge in [-0.15, -0.1) is 0 Å². The highest BCUT2D eigenvalue weighted by molar-refractivity contribution is 5.73. The maximum atomic E-state index is 11.8. The van der Waals surface area contributed by atoms with E-state index in [1.807, 2.05) is 27.7 Å². The third-order valence-electron chi connectivity index (χ3n) is 5.15. The molecule has 0 aromatic carbocycles. The van der Waals surface area contributed by atoms with Gasteiger partial charge in [-0.25, -0.2) is 19.7 Å². The number of unbranched alkanes of at least 4 members (excludes halogenated alkanes) is 5. The molecule has 8 heteroatoms. The van der Waals surface area contributed by atoms with Gasteiger partial charge in [-0.1, -0.05) is 53.4 Å². The van der Waals surface area contributed by atoms with Gasteiger partial charge in [-0.3, -0.25) is 10.4 Å². The second-order valence-electron chi connectivity index (χ2n) is 7.21. The first-order chi connectivity index (χ1) is 13.4. The van der Waals surface area contributed by atoms with Crippen LogP contribution in [0.15, 0.2) is 0 Å². The standard InChI is InChI=1S/C20H42N4O4/c1-5-17(6-2)23(27)19(25)21-15-13-11-9-10-12-14-16-22-20(26)24(28)18(7-3)8-4/h17-18,27-28H,5-16H2,1-4H3,(H,21,25)(H,22,26). The first kappa shape index (κ1) is 26.5. The fraction of sp³-hybridized carbons (Fsp3) is 0.900. The summed E-state index contributed by atoms with van der Waals surface area (Å²) in [5.41, 5.74) is 0. The highest BCUT2D eigenvalue weighted by Crippen LogP contribution is 2.08. The lowest BCUT2D eigenvalue weighted by molar-refractivity contribution is -0.0799. The molecule has 28 heavy (non-hydrogen) atoms. The summed E-state index contributed by atoms with van der Waals surface area (Å²) in [6.07, 6.45) is 8.86. The molecule has 0 bridgehead atoms. The Morgan fingerprint density at radius 1 is 0.643 bits per heavy atom. The van der Waals surface area contributed by atoms with Gasteiger partial charge in [-0.2, -0.15) is 0 Å². The van der Waals surface area contributed by atoms with E-state index >= 15 is 0 Å². The average Bonchev–Trinajstić information content (AvgIpc) is 2.70. The summed E-state index contributed by atoms with van der Waals surface area (Å²) < 4.78 is 0. The van der Waals surface area contributed by atoms with Crippen LogP contribution in [0.4, 0.5) is 9.59 Å².